The van der Waals surface area contributed by atoms with E-state index in [0.29, 0.717) is 44.5 Å². The summed E-state index contributed by atoms with van der Waals surface area (Å²) in [6.45, 7) is 9.87. The van der Waals surface area contributed by atoms with Crippen LogP contribution in [0.4, 0.5) is 0 Å². The molecule has 38 heavy (non-hydrogen) atoms. The minimum atomic E-state index is -0.232. The van der Waals surface area contributed by atoms with Gasteiger partial charge in [0, 0.05) is 25.1 Å². The molecule has 1 saturated carbocycles. The quantitative estimate of drug-likeness (QED) is 0.182. The van der Waals surface area contributed by atoms with Crippen LogP contribution in [0.3, 0.4) is 0 Å². The Hall–Kier alpha value is -3.38. The van der Waals surface area contributed by atoms with Crippen LogP contribution < -0.4 is 4.74 Å². The average molecular weight is 517 g/mol. The highest BCUT2D eigenvalue weighted by Gasteiger charge is 2.17. The molecule has 0 atom stereocenters. The second-order valence-electron chi connectivity index (χ2n) is 9.99. The van der Waals surface area contributed by atoms with Crippen LogP contribution in [-0.2, 0) is 22.5 Å². The minimum Gasteiger partial charge on any atom is -0.493 e. The van der Waals surface area contributed by atoms with Crippen molar-refractivity contribution in [2.24, 2.45) is 0 Å². The molecule has 202 valence electrons. The molecule has 2 aromatic carbocycles. The Morgan fingerprint density at radius 1 is 1.16 bits per heavy atom. The third-order valence-corrected chi connectivity index (χ3v) is 7.08. The number of hydrogen-bond donors (Lipinski definition) is 0. The number of carbonyl (C=O) groups excluding carboxylic acids is 1. The molecule has 1 heterocycles. The van der Waals surface area contributed by atoms with E-state index >= 15 is 0 Å². The SMILES string of the molecule is C=CCN(CC(=O)OCC)Cc1cccc(OCCc2nc(-c3ccc(C4CCCCC4)cc3)oc2C)c1. The first-order chi connectivity index (χ1) is 18.6. The molecule has 1 fully saturated rings. The number of benzene rings is 2. The van der Waals surface area contributed by atoms with Crippen molar-refractivity contribution >= 4 is 5.97 Å². The molecule has 0 amide bonds. The van der Waals surface area contributed by atoms with E-state index in [0.717, 1.165) is 28.3 Å². The number of carbonyl (C=O) groups is 1. The first-order valence-corrected chi connectivity index (χ1v) is 13.8. The van der Waals surface area contributed by atoms with Gasteiger partial charge in [0.25, 0.3) is 0 Å². The van der Waals surface area contributed by atoms with Crippen LogP contribution in [0.1, 0.15) is 67.5 Å². The molecule has 1 aliphatic rings. The lowest BCUT2D eigenvalue weighted by atomic mass is 9.84. The van der Waals surface area contributed by atoms with E-state index in [1.54, 1.807) is 6.08 Å². The summed E-state index contributed by atoms with van der Waals surface area (Å²) in [5.41, 5.74) is 4.42. The molecule has 0 bridgehead atoms. The molecular weight excluding hydrogens is 476 g/mol. The fraction of sp³-hybridized carbons (Fsp3) is 0.438. The van der Waals surface area contributed by atoms with Crippen molar-refractivity contribution in [1.29, 1.82) is 0 Å². The van der Waals surface area contributed by atoms with Gasteiger partial charge >= 0.3 is 5.97 Å². The minimum absolute atomic E-state index is 0.224. The van der Waals surface area contributed by atoms with Gasteiger partial charge in [-0.05, 0) is 68.0 Å². The number of nitrogens with zero attached hydrogens (tertiary/aromatic N) is 2. The van der Waals surface area contributed by atoms with E-state index in [1.807, 2.05) is 43.0 Å². The van der Waals surface area contributed by atoms with E-state index in [4.69, 9.17) is 18.9 Å². The van der Waals surface area contributed by atoms with Crippen LogP contribution in [0.15, 0.2) is 65.6 Å². The molecule has 0 saturated heterocycles. The van der Waals surface area contributed by atoms with Crippen molar-refractivity contribution in [2.45, 2.75) is 64.8 Å². The lowest BCUT2D eigenvalue weighted by Crippen LogP contribution is -2.30. The Labute approximate surface area is 226 Å². The molecule has 6 nitrogen and oxygen atoms in total. The summed E-state index contributed by atoms with van der Waals surface area (Å²) < 4.78 is 17.2. The van der Waals surface area contributed by atoms with Crippen LogP contribution >= 0.6 is 0 Å². The molecule has 3 aromatic rings. The molecule has 0 radical (unpaired) electrons. The van der Waals surface area contributed by atoms with Crippen molar-refractivity contribution < 1.29 is 18.7 Å². The number of aromatic nitrogens is 1. The molecule has 0 aliphatic heterocycles. The Bertz CT molecular complexity index is 1180. The Kier molecular flexibility index (Phi) is 10.2. The largest absolute Gasteiger partial charge is 0.493 e. The predicted octanol–water partition coefficient (Wildman–Crippen LogP) is 6.87. The van der Waals surface area contributed by atoms with Gasteiger partial charge in [0.15, 0.2) is 0 Å². The summed E-state index contributed by atoms with van der Waals surface area (Å²) in [5, 5.41) is 0. The zero-order valence-electron chi connectivity index (χ0n) is 22.8. The van der Waals surface area contributed by atoms with Gasteiger partial charge in [-0.25, -0.2) is 4.98 Å². The van der Waals surface area contributed by atoms with Gasteiger partial charge in [-0.3, -0.25) is 9.69 Å². The van der Waals surface area contributed by atoms with Crippen molar-refractivity contribution in [3.05, 3.63) is 83.8 Å². The molecular formula is C32H40N2O4. The fourth-order valence-electron chi connectivity index (χ4n) is 5.13. The number of esters is 1. The molecule has 0 N–H and O–H groups in total. The number of hydrogen-bond acceptors (Lipinski definition) is 6. The van der Waals surface area contributed by atoms with Gasteiger partial charge in [-0.15, -0.1) is 6.58 Å². The molecule has 0 unspecified atom stereocenters. The van der Waals surface area contributed by atoms with E-state index in [9.17, 15) is 4.79 Å². The van der Waals surface area contributed by atoms with E-state index in [1.165, 1.54) is 37.7 Å². The van der Waals surface area contributed by atoms with Gasteiger partial charge in [-0.1, -0.05) is 49.6 Å². The number of rotatable bonds is 13. The van der Waals surface area contributed by atoms with E-state index < -0.39 is 0 Å². The van der Waals surface area contributed by atoms with Crippen molar-refractivity contribution in [3.8, 4) is 17.2 Å². The van der Waals surface area contributed by atoms with Gasteiger partial charge in [-0.2, -0.15) is 0 Å². The maximum Gasteiger partial charge on any atom is 0.320 e. The highest BCUT2D eigenvalue weighted by atomic mass is 16.5. The molecule has 1 aromatic heterocycles. The second-order valence-corrected chi connectivity index (χ2v) is 9.99. The Morgan fingerprint density at radius 2 is 1.95 bits per heavy atom. The van der Waals surface area contributed by atoms with Crippen LogP contribution in [0, 0.1) is 6.92 Å². The second kappa shape index (κ2) is 14.0. The first kappa shape index (κ1) is 27.6. The topological polar surface area (TPSA) is 64.8 Å². The molecule has 0 spiro atoms. The number of oxazole rings is 1. The highest BCUT2D eigenvalue weighted by molar-refractivity contribution is 5.71. The normalized spacial score (nSPS) is 14.0. The maximum absolute atomic E-state index is 11.9. The van der Waals surface area contributed by atoms with E-state index in [2.05, 4.69) is 30.8 Å². The van der Waals surface area contributed by atoms with E-state index in [-0.39, 0.29) is 12.5 Å². The third kappa shape index (κ3) is 7.81. The Balaban J connectivity index is 1.31. The molecule has 4 rings (SSSR count). The van der Waals surface area contributed by atoms with Crippen LogP contribution in [0.5, 0.6) is 5.75 Å². The molecule has 6 heteroatoms. The number of ether oxygens (including phenoxy) is 2. The highest BCUT2D eigenvalue weighted by Crippen LogP contribution is 2.33. The summed E-state index contributed by atoms with van der Waals surface area (Å²) >= 11 is 0. The van der Waals surface area contributed by atoms with Gasteiger partial charge in [0.05, 0.1) is 25.5 Å². The lowest BCUT2D eigenvalue weighted by molar-refractivity contribution is -0.144. The summed E-state index contributed by atoms with van der Waals surface area (Å²) in [6, 6.07) is 16.7. The summed E-state index contributed by atoms with van der Waals surface area (Å²) in [4.78, 5) is 18.7. The summed E-state index contributed by atoms with van der Waals surface area (Å²) in [7, 11) is 0. The van der Waals surface area contributed by atoms with Crippen LogP contribution in [0.2, 0.25) is 0 Å². The first-order valence-electron chi connectivity index (χ1n) is 13.8. The van der Waals surface area contributed by atoms with Gasteiger partial charge < -0.3 is 13.9 Å². The smallest absolute Gasteiger partial charge is 0.320 e. The monoisotopic (exact) mass is 516 g/mol. The number of aryl methyl sites for hydroxylation is 1. The average Bonchev–Trinajstić information content (AvgIpc) is 3.30. The van der Waals surface area contributed by atoms with Crippen molar-refractivity contribution in [3.63, 3.8) is 0 Å². The zero-order valence-corrected chi connectivity index (χ0v) is 22.8. The predicted molar refractivity (Wildman–Crippen MR) is 150 cm³/mol. The standard InChI is InChI=1S/C32H40N2O4/c1-4-19-34(23-31(35)36-5-2)22-25-10-9-13-29(21-25)37-20-18-30-24(3)38-32(33-30)28-16-14-27(15-17-28)26-11-7-6-8-12-26/h4,9-10,13-17,21,26H,1,5-8,11-12,18-20,22-23H2,2-3H3. The van der Waals surface area contributed by atoms with Gasteiger partial charge in [0.2, 0.25) is 5.89 Å². The fourth-order valence-corrected chi connectivity index (χ4v) is 5.13. The summed E-state index contributed by atoms with van der Waals surface area (Å²) in [6.07, 6.45) is 9.09. The maximum atomic E-state index is 11.9. The Morgan fingerprint density at radius 3 is 2.68 bits per heavy atom. The zero-order chi connectivity index (χ0) is 26.7. The van der Waals surface area contributed by atoms with Crippen molar-refractivity contribution in [1.82, 2.24) is 9.88 Å². The van der Waals surface area contributed by atoms with Crippen molar-refractivity contribution in [2.75, 3.05) is 26.3 Å². The van der Waals surface area contributed by atoms with Gasteiger partial charge in [0.1, 0.15) is 11.5 Å². The van der Waals surface area contributed by atoms with Crippen LogP contribution in [-0.4, -0.2) is 42.2 Å². The van der Waals surface area contributed by atoms with Crippen LogP contribution in [0.25, 0.3) is 11.5 Å². The molecule has 1 aliphatic carbocycles. The third-order valence-electron chi connectivity index (χ3n) is 7.08. The lowest BCUT2D eigenvalue weighted by Gasteiger charge is -2.21. The summed E-state index contributed by atoms with van der Waals surface area (Å²) in [5.74, 6) is 2.74.